The first kappa shape index (κ1) is 20.2. The zero-order chi connectivity index (χ0) is 18.3. The predicted octanol–water partition coefficient (Wildman–Crippen LogP) is 3.61. The Bertz CT molecular complexity index is 536. The number of carbonyl (C=O) groups excluding carboxylic acids is 2. The summed E-state index contributed by atoms with van der Waals surface area (Å²) >= 11 is 0. The zero-order valence-corrected chi connectivity index (χ0v) is 15.9. The molecule has 1 N–H and O–H groups in total. The van der Waals surface area contributed by atoms with Crippen LogP contribution >= 0.6 is 0 Å². The minimum absolute atomic E-state index is 0.0282. The van der Waals surface area contributed by atoms with E-state index in [0.717, 1.165) is 12.0 Å². The normalized spacial score (nSPS) is 11.7. The van der Waals surface area contributed by atoms with Crippen LogP contribution in [-0.4, -0.2) is 29.3 Å². The van der Waals surface area contributed by atoms with Gasteiger partial charge in [0.05, 0.1) is 0 Å². The average molecular weight is 332 g/mol. The smallest absolute Gasteiger partial charge is 0.238 e. The van der Waals surface area contributed by atoms with Crippen molar-refractivity contribution >= 4 is 11.8 Å². The molecule has 0 aliphatic carbocycles. The first-order valence-corrected chi connectivity index (χ1v) is 8.79. The van der Waals surface area contributed by atoms with Gasteiger partial charge in [-0.3, -0.25) is 9.59 Å². The molecule has 0 spiro atoms. The molecule has 0 aromatic heterocycles. The van der Waals surface area contributed by atoms with E-state index in [2.05, 4.69) is 19.2 Å². The van der Waals surface area contributed by atoms with E-state index in [1.807, 2.05) is 44.2 Å². The highest BCUT2D eigenvalue weighted by atomic mass is 16.2. The highest BCUT2D eigenvalue weighted by Crippen LogP contribution is 2.23. The summed E-state index contributed by atoms with van der Waals surface area (Å²) in [7, 11) is 0. The molecule has 0 unspecified atom stereocenters. The van der Waals surface area contributed by atoms with Gasteiger partial charge in [-0.2, -0.15) is 0 Å². The molecule has 0 saturated heterocycles. The largest absolute Gasteiger partial charge is 0.355 e. The monoisotopic (exact) mass is 332 g/mol. The lowest BCUT2D eigenvalue weighted by atomic mass is 9.89. The topological polar surface area (TPSA) is 49.4 Å². The third kappa shape index (κ3) is 5.66. The van der Waals surface area contributed by atoms with Crippen LogP contribution in [0.4, 0.5) is 0 Å². The van der Waals surface area contributed by atoms with Crippen molar-refractivity contribution in [2.75, 3.05) is 6.54 Å². The molecule has 24 heavy (non-hydrogen) atoms. The summed E-state index contributed by atoms with van der Waals surface area (Å²) in [5.41, 5.74) is -0.00804. The van der Waals surface area contributed by atoms with Crippen molar-refractivity contribution in [2.45, 2.75) is 60.5 Å². The summed E-state index contributed by atoms with van der Waals surface area (Å²) in [5, 5.41) is 2.91. The van der Waals surface area contributed by atoms with E-state index in [9.17, 15) is 9.59 Å². The van der Waals surface area contributed by atoms with Gasteiger partial charge in [0.15, 0.2) is 0 Å². The average Bonchev–Trinajstić information content (AvgIpc) is 2.52. The molecule has 0 radical (unpaired) electrons. The van der Waals surface area contributed by atoms with Gasteiger partial charge in [-0.15, -0.1) is 0 Å². The molecular formula is C20H32N2O2. The Morgan fingerprint density at radius 3 is 2.17 bits per heavy atom. The first-order chi connectivity index (χ1) is 11.2. The molecule has 0 atom stereocenters. The van der Waals surface area contributed by atoms with Crippen molar-refractivity contribution in [1.82, 2.24) is 10.2 Å². The number of hydrogen-bond acceptors (Lipinski definition) is 2. The molecule has 0 aliphatic heterocycles. The number of carbonyl (C=O) groups is 2. The molecule has 0 fully saturated rings. The van der Waals surface area contributed by atoms with Gasteiger partial charge in [0.2, 0.25) is 11.8 Å². The Labute approximate surface area is 146 Å². The summed E-state index contributed by atoms with van der Waals surface area (Å²) < 4.78 is 0. The second kappa shape index (κ2) is 8.86. The molecule has 4 nitrogen and oxygen atoms in total. The van der Waals surface area contributed by atoms with Gasteiger partial charge in [-0.1, -0.05) is 44.2 Å². The van der Waals surface area contributed by atoms with Crippen molar-refractivity contribution in [2.24, 2.45) is 11.3 Å². The van der Waals surface area contributed by atoms with Crippen molar-refractivity contribution < 1.29 is 9.59 Å². The van der Waals surface area contributed by atoms with Crippen molar-refractivity contribution in [1.29, 1.82) is 0 Å². The van der Waals surface area contributed by atoms with Crippen LogP contribution in [0.2, 0.25) is 0 Å². The van der Waals surface area contributed by atoms with E-state index in [-0.39, 0.29) is 17.9 Å². The van der Waals surface area contributed by atoms with Crippen molar-refractivity contribution in [3.63, 3.8) is 0 Å². The van der Waals surface area contributed by atoms with Crippen LogP contribution in [0.3, 0.4) is 0 Å². The van der Waals surface area contributed by atoms with E-state index in [4.69, 9.17) is 0 Å². The summed E-state index contributed by atoms with van der Waals surface area (Å²) in [6.45, 7) is 12.7. The minimum Gasteiger partial charge on any atom is -0.355 e. The number of nitrogens with zero attached hydrogens (tertiary/aromatic N) is 1. The fraction of sp³-hybridized carbons (Fsp3) is 0.600. The molecule has 1 aromatic carbocycles. The molecule has 0 aliphatic rings. The van der Waals surface area contributed by atoms with Crippen LogP contribution < -0.4 is 5.32 Å². The Morgan fingerprint density at radius 1 is 1.08 bits per heavy atom. The van der Waals surface area contributed by atoms with Crippen LogP contribution in [-0.2, 0) is 16.1 Å². The van der Waals surface area contributed by atoms with Crippen LogP contribution in [0, 0.1) is 11.3 Å². The Kier molecular flexibility index (Phi) is 7.46. The SMILES string of the molecule is CC(C)CCNC(=O)C(C)(C)C(=O)N(Cc1ccccc1)C(C)C. The molecule has 1 aromatic rings. The molecule has 0 bridgehead atoms. The Hall–Kier alpha value is -1.84. The van der Waals surface area contributed by atoms with Gasteiger partial charge in [-0.05, 0) is 45.6 Å². The summed E-state index contributed by atoms with van der Waals surface area (Å²) in [4.78, 5) is 27.3. The van der Waals surface area contributed by atoms with Gasteiger partial charge < -0.3 is 10.2 Å². The number of nitrogens with one attached hydrogen (secondary N) is 1. The van der Waals surface area contributed by atoms with Gasteiger partial charge in [0, 0.05) is 19.1 Å². The lowest BCUT2D eigenvalue weighted by Gasteiger charge is -2.34. The maximum Gasteiger partial charge on any atom is 0.238 e. The molecule has 0 saturated carbocycles. The standard InChI is InChI=1S/C20H32N2O2/c1-15(2)12-13-21-18(23)20(5,6)19(24)22(16(3)4)14-17-10-8-7-9-11-17/h7-11,15-16H,12-14H2,1-6H3,(H,21,23). The maximum absolute atomic E-state index is 13.0. The summed E-state index contributed by atoms with van der Waals surface area (Å²) in [5.74, 6) is 0.185. The maximum atomic E-state index is 13.0. The number of benzene rings is 1. The van der Waals surface area contributed by atoms with Crippen molar-refractivity contribution in [3.8, 4) is 0 Å². The lowest BCUT2D eigenvalue weighted by molar-refractivity contribution is -0.150. The van der Waals surface area contributed by atoms with Crippen LogP contribution in [0.25, 0.3) is 0 Å². The molecular weight excluding hydrogens is 300 g/mol. The van der Waals surface area contributed by atoms with E-state index in [0.29, 0.717) is 19.0 Å². The summed E-state index contributed by atoms with van der Waals surface area (Å²) in [6.07, 6.45) is 0.911. The van der Waals surface area contributed by atoms with Gasteiger partial charge >= 0.3 is 0 Å². The van der Waals surface area contributed by atoms with Crippen LogP contribution in [0.5, 0.6) is 0 Å². The quantitative estimate of drug-likeness (QED) is 0.739. The highest BCUT2D eigenvalue weighted by molar-refractivity contribution is 6.04. The fourth-order valence-corrected chi connectivity index (χ4v) is 2.42. The summed E-state index contributed by atoms with van der Waals surface area (Å²) in [6, 6.07) is 9.90. The highest BCUT2D eigenvalue weighted by Gasteiger charge is 2.39. The third-order valence-corrected chi connectivity index (χ3v) is 4.19. The van der Waals surface area contributed by atoms with Crippen LogP contribution in [0.1, 0.15) is 53.5 Å². The molecule has 2 amide bonds. The fourth-order valence-electron chi connectivity index (χ4n) is 2.42. The number of rotatable bonds is 8. The number of hydrogen-bond donors (Lipinski definition) is 1. The number of amides is 2. The molecule has 4 heteroatoms. The Morgan fingerprint density at radius 2 is 1.67 bits per heavy atom. The molecule has 1 rings (SSSR count). The molecule has 134 valence electrons. The zero-order valence-electron chi connectivity index (χ0n) is 15.9. The van der Waals surface area contributed by atoms with E-state index >= 15 is 0 Å². The molecule has 0 heterocycles. The van der Waals surface area contributed by atoms with Gasteiger partial charge in [0.25, 0.3) is 0 Å². The van der Waals surface area contributed by atoms with E-state index in [1.165, 1.54) is 0 Å². The second-order valence-electron chi connectivity index (χ2n) is 7.58. The van der Waals surface area contributed by atoms with Crippen molar-refractivity contribution in [3.05, 3.63) is 35.9 Å². The van der Waals surface area contributed by atoms with Gasteiger partial charge in [-0.25, -0.2) is 0 Å². The first-order valence-electron chi connectivity index (χ1n) is 8.79. The van der Waals surface area contributed by atoms with Gasteiger partial charge in [0.1, 0.15) is 5.41 Å². The Balaban J connectivity index is 2.82. The van der Waals surface area contributed by atoms with E-state index < -0.39 is 5.41 Å². The second-order valence-corrected chi connectivity index (χ2v) is 7.58. The third-order valence-electron chi connectivity index (χ3n) is 4.19. The minimum atomic E-state index is -1.07. The van der Waals surface area contributed by atoms with Crippen LogP contribution in [0.15, 0.2) is 30.3 Å². The van der Waals surface area contributed by atoms with E-state index in [1.54, 1.807) is 18.7 Å². The lowest BCUT2D eigenvalue weighted by Crippen LogP contribution is -2.51. The predicted molar refractivity (Wildman–Crippen MR) is 98.4 cm³/mol.